The first-order valence-electron chi connectivity index (χ1n) is 8.56. The van der Waals surface area contributed by atoms with Gasteiger partial charge in [-0.2, -0.15) is 0 Å². The number of thiophene rings is 1. The molecule has 0 unspecified atom stereocenters. The summed E-state index contributed by atoms with van der Waals surface area (Å²) >= 11 is 1.55. The van der Waals surface area contributed by atoms with Crippen molar-refractivity contribution >= 4 is 22.9 Å². The van der Waals surface area contributed by atoms with Crippen LogP contribution in [-0.4, -0.2) is 11.9 Å². The van der Waals surface area contributed by atoms with E-state index in [1.165, 1.54) is 18.2 Å². The number of nitrogens with one attached hydrogen (secondary N) is 2. The van der Waals surface area contributed by atoms with E-state index in [4.69, 9.17) is 0 Å². The van der Waals surface area contributed by atoms with Crippen molar-refractivity contribution in [1.29, 1.82) is 0 Å². The van der Waals surface area contributed by atoms with Crippen LogP contribution in [0.5, 0.6) is 0 Å². The van der Waals surface area contributed by atoms with Gasteiger partial charge in [-0.05, 0) is 60.7 Å². The zero-order valence-corrected chi connectivity index (χ0v) is 15.8. The molecule has 1 amide bonds. The number of benzene rings is 2. The van der Waals surface area contributed by atoms with Crippen molar-refractivity contribution in [3.63, 3.8) is 0 Å². The molecule has 2 atom stereocenters. The molecule has 3 rings (SSSR count). The minimum Gasteiger partial charge on any atom is -0.325 e. The van der Waals surface area contributed by atoms with E-state index in [-0.39, 0.29) is 23.6 Å². The van der Waals surface area contributed by atoms with Crippen molar-refractivity contribution < 1.29 is 13.6 Å². The molecule has 1 aromatic heterocycles. The topological polar surface area (TPSA) is 41.1 Å². The highest BCUT2D eigenvalue weighted by molar-refractivity contribution is 7.10. The molecule has 27 heavy (non-hydrogen) atoms. The fourth-order valence-electron chi connectivity index (χ4n) is 2.70. The molecule has 1 heterocycles. The van der Waals surface area contributed by atoms with Crippen molar-refractivity contribution in [2.24, 2.45) is 0 Å². The average Bonchev–Trinajstić information content (AvgIpc) is 3.18. The zero-order chi connectivity index (χ0) is 19.4. The van der Waals surface area contributed by atoms with Crippen LogP contribution in [0.2, 0.25) is 0 Å². The minimum absolute atomic E-state index is 0.249. The Balaban J connectivity index is 1.75. The van der Waals surface area contributed by atoms with E-state index >= 15 is 0 Å². The molecule has 6 heteroatoms. The van der Waals surface area contributed by atoms with Crippen molar-refractivity contribution in [1.82, 2.24) is 5.32 Å². The fourth-order valence-corrected chi connectivity index (χ4v) is 3.51. The number of carbonyl (C=O) groups is 1. The first-order chi connectivity index (χ1) is 12.9. The quantitative estimate of drug-likeness (QED) is 0.623. The highest BCUT2D eigenvalue weighted by atomic mass is 32.1. The van der Waals surface area contributed by atoms with Crippen molar-refractivity contribution in [3.05, 3.63) is 87.6 Å². The minimum atomic E-state index is -0.550. The second kappa shape index (κ2) is 8.41. The Morgan fingerprint density at radius 3 is 2.44 bits per heavy atom. The van der Waals surface area contributed by atoms with Gasteiger partial charge in [0.25, 0.3) is 0 Å². The highest BCUT2D eigenvalue weighted by Crippen LogP contribution is 2.27. The number of halogens is 2. The van der Waals surface area contributed by atoms with Gasteiger partial charge < -0.3 is 5.32 Å². The second-order valence-corrected chi connectivity index (χ2v) is 7.32. The molecule has 0 aliphatic rings. The van der Waals surface area contributed by atoms with Crippen molar-refractivity contribution in [2.45, 2.75) is 25.9 Å². The van der Waals surface area contributed by atoms with Gasteiger partial charge in [0.2, 0.25) is 5.91 Å². The predicted octanol–water partition coefficient (Wildman–Crippen LogP) is 5.04. The molecule has 0 aliphatic heterocycles. The van der Waals surface area contributed by atoms with Crippen molar-refractivity contribution in [3.8, 4) is 0 Å². The summed E-state index contributed by atoms with van der Waals surface area (Å²) in [5.74, 6) is -0.950. The summed E-state index contributed by atoms with van der Waals surface area (Å²) in [4.78, 5) is 13.6. The number of amides is 1. The Hall–Kier alpha value is -2.57. The third kappa shape index (κ3) is 4.78. The third-order valence-corrected chi connectivity index (χ3v) is 5.22. The summed E-state index contributed by atoms with van der Waals surface area (Å²) in [6, 6.07) is 13.9. The van der Waals surface area contributed by atoms with Gasteiger partial charge in [-0.15, -0.1) is 11.3 Å². The van der Waals surface area contributed by atoms with Gasteiger partial charge in [0.05, 0.1) is 12.1 Å². The number of carbonyl (C=O) groups excluding carboxylic acids is 1. The van der Waals surface area contributed by atoms with E-state index in [2.05, 4.69) is 10.6 Å². The Labute approximate surface area is 161 Å². The largest absolute Gasteiger partial charge is 0.325 e. The number of hydrogen-bond donors (Lipinski definition) is 2. The summed E-state index contributed by atoms with van der Waals surface area (Å²) in [6.45, 7) is 3.41. The van der Waals surface area contributed by atoms with Crippen LogP contribution in [0.4, 0.5) is 14.5 Å². The number of aryl methyl sites for hydroxylation is 1. The van der Waals surface area contributed by atoms with Gasteiger partial charge in [-0.25, -0.2) is 8.78 Å². The van der Waals surface area contributed by atoms with Gasteiger partial charge in [0.1, 0.15) is 11.6 Å². The van der Waals surface area contributed by atoms with Gasteiger partial charge in [0.15, 0.2) is 0 Å². The molecule has 3 nitrogen and oxygen atoms in total. The molecule has 0 aliphatic carbocycles. The second-order valence-electron chi connectivity index (χ2n) is 6.34. The lowest BCUT2D eigenvalue weighted by atomic mass is 10.0. The fraction of sp³-hybridized carbons (Fsp3) is 0.190. The van der Waals surface area contributed by atoms with Crippen LogP contribution >= 0.6 is 11.3 Å². The molecular weight excluding hydrogens is 366 g/mol. The summed E-state index contributed by atoms with van der Waals surface area (Å²) in [7, 11) is 0. The zero-order valence-electron chi connectivity index (χ0n) is 15.0. The maximum absolute atomic E-state index is 13.7. The van der Waals surface area contributed by atoms with Crippen LogP contribution < -0.4 is 10.6 Å². The van der Waals surface area contributed by atoms with Crippen LogP contribution in [0.1, 0.15) is 29.0 Å². The first kappa shape index (κ1) is 19.2. The number of rotatable bonds is 6. The normalized spacial score (nSPS) is 13.2. The molecule has 0 saturated carbocycles. The van der Waals surface area contributed by atoms with E-state index < -0.39 is 6.04 Å². The molecule has 0 radical (unpaired) electrons. The lowest BCUT2D eigenvalue weighted by molar-refractivity contribution is -0.117. The molecule has 0 saturated heterocycles. The molecule has 2 N–H and O–H groups in total. The number of hydrogen-bond acceptors (Lipinski definition) is 3. The SMILES string of the molecule is Cc1ccc(NC(=O)[C@H](C)N[C@@H](c2ccc(F)cc2)c2cccs2)cc1F. The van der Waals surface area contributed by atoms with Gasteiger partial charge in [-0.1, -0.05) is 24.3 Å². The maximum atomic E-state index is 13.7. The summed E-state index contributed by atoms with van der Waals surface area (Å²) < 4.78 is 27.0. The molecule has 0 fully saturated rings. The Morgan fingerprint density at radius 1 is 1.07 bits per heavy atom. The smallest absolute Gasteiger partial charge is 0.241 e. The van der Waals surface area contributed by atoms with Crippen LogP contribution in [0.25, 0.3) is 0 Å². The van der Waals surface area contributed by atoms with Gasteiger partial charge in [0, 0.05) is 10.6 Å². The van der Waals surface area contributed by atoms with E-state index in [1.54, 1.807) is 49.4 Å². The Morgan fingerprint density at radius 2 is 1.81 bits per heavy atom. The first-order valence-corrected chi connectivity index (χ1v) is 9.44. The molecule has 0 spiro atoms. The lowest BCUT2D eigenvalue weighted by Gasteiger charge is -2.23. The van der Waals surface area contributed by atoms with E-state index in [1.807, 2.05) is 17.5 Å². The Bertz CT molecular complexity index is 910. The van der Waals surface area contributed by atoms with Crippen LogP contribution in [0.15, 0.2) is 60.0 Å². The van der Waals surface area contributed by atoms with Crippen LogP contribution in [0.3, 0.4) is 0 Å². The van der Waals surface area contributed by atoms with Crippen molar-refractivity contribution in [2.75, 3.05) is 5.32 Å². The van der Waals surface area contributed by atoms with E-state index in [0.717, 1.165) is 10.4 Å². The summed E-state index contributed by atoms with van der Waals surface area (Å²) in [6.07, 6.45) is 0. The molecule has 2 aromatic carbocycles. The highest BCUT2D eigenvalue weighted by Gasteiger charge is 2.22. The Kier molecular flexibility index (Phi) is 5.98. The molecule has 0 bridgehead atoms. The molecular formula is C21H20F2N2OS. The predicted molar refractivity (Wildman–Crippen MR) is 105 cm³/mol. The lowest BCUT2D eigenvalue weighted by Crippen LogP contribution is -2.40. The molecule has 3 aromatic rings. The van der Waals surface area contributed by atoms with Crippen LogP contribution in [-0.2, 0) is 4.79 Å². The molecule has 140 valence electrons. The van der Waals surface area contributed by atoms with E-state index in [9.17, 15) is 13.6 Å². The van der Waals surface area contributed by atoms with Crippen LogP contribution in [0, 0.1) is 18.6 Å². The third-order valence-electron chi connectivity index (χ3n) is 4.28. The standard InChI is InChI=1S/C21H20F2N2OS/c1-13-5-10-17(12-18(13)23)25-21(26)14(2)24-20(19-4-3-11-27-19)15-6-8-16(22)9-7-15/h3-12,14,20,24H,1-2H3,(H,25,26)/t14-,20-/m0/s1. The monoisotopic (exact) mass is 386 g/mol. The maximum Gasteiger partial charge on any atom is 0.241 e. The average molecular weight is 386 g/mol. The number of anilines is 1. The summed E-state index contributed by atoms with van der Waals surface area (Å²) in [5.41, 5.74) is 1.79. The summed E-state index contributed by atoms with van der Waals surface area (Å²) in [5, 5.41) is 7.96. The van der Waals surface area contributed by atoms with Gasteiger partial charge >= 0.3 is 0 Å². The van der Waals surface area contributed by atoms with E-state index in [0.29, 0.717) is 11.3 Å². The van der Waals surface area contributed by atoms with Gasteiger partial charge in [-0.3, -0.25) is 10.1 Å².